The lowest BCUT2D eigenvalue weighted by molar-refractivity contribution is 0.0635. The third-order valence-corrected chi connectivity index (χ3v) is 4.94. The predicted octanol–water partition coefficient (Wildman–Crippen LogP) is 3.25. The molecule has 1 aromatic heterocycles. The van der Waals surface area contributed by atoms with E-state index in [2.05, 4.69) is 10.1 Å². The molecule has 1 aliphatic heterocycles. The number of aromatic nitrogens is 1. The summed E-state index contributed by atoms with van der Waals surface area (Å²) in [6, 6.07) is 6.90. The molecule has 0 unspecified atom stereocenters. The Balaban J connectivity index is 1.56. The molecule has 3 rings (SSSR count). The van der Waals surface area contributed by atoms with Gasteiger partial charge in [0.05, 0.1) is 5.69 Å². The molecule has 1 amide bonds. The summed E-state index contributed by atoms with van der Waals surface area (Å²) in [5.41, 5.74) is 2.01. The van der Waals surface area contributed by atoms with Gasteiger partial charge in [-0.1, -0.05) is 37.2 Å². The number of carbonyl (C=O) groups excluding carboxylic acids is 1. The molecule has 0 aliphatic carbocycles. The second-order valence-corrected chi connectivity index (χ2v) is 7.14. The van der Waals surface area contributed by atoms with E-state index in [0.29, 0.717) is 36.5 Å². The van der Waals surface area contributed by atoms with Crippen LogP contribution in [0.25, 0.3) is 0 Å². The van der Waals surface area contributed by atoms with Crippen molar-refractivity contribution < 1.29 is 13.7 Å². The van der Waals surface area contributed by atoms with E-state index in [1.54, 1.807) is 6.07 Å². The number of carbonyl (C=O) groups is 1. The van der Waals surface area contributed by atoms with Gasteiger partial charge in [-0.15, -0.1) is 0 Å². The monoisotopic (exact) mass is 359 g/mol. The van der Waals surface area contributed by atoms with E-state index in [1.165, 1.54) is 6.07 Å². The van der Waals surface area contributed by atoms with Crippen LogP contribution < -0.4 is 0 Å². The van der Waals surface area contributed by atoms with Crippen molar-refractivity contribution in [1.29, 1.82) is 0 Å². The largest absolute Gasteiger partial charge is 0.360 e. The number of amides is 1. The number of hydrogen-bond donors (Lipinski definition) is 0. The standard InChI is InChI=1S/C20H26FN3O2/c1-14(2)19-18(15(3)22-26-19)20(25)24-12-10-23(11-13-24)9-8-16-6-4-5-7-17(16)21/h4-7,14H,8-13H2,1-3H3. The molecule has 0 radical (unpaired) electrons. The Bertz CT molecular complexity index is 764. The number of benzene rings is 1. The lowest BCUT2D eigenvalue weighted by atomic mass is 10.0. The molecule has 2 aromatic rings. The number of hydrogen-bond acceptors (Lipinski definition) is 4. The van der Waals surface area contributed by atoms with Crippen molar-refractivity contribution in [2.24, 2.45) is 0 Å². The number of aryl methyl sites for hydroxylation is 1. The summed E-state index contributed by atoms with van der Waals surface area (Å²) >= 11 is 0. The van der Waals surface area contributed by atoms with Crippen LogP contribution in [0.1, 0.15) is 47.1 Å². The molecule has 5 nitrogen and oxygen atoms in total. The van der Waals surface area contributed by atoms with Gasteiger partial charge in [-0.05, 0) is 25.0 Å². The van der Waals surface area contributed by atoms with Crippen molar-refractivity contribution in [2.45, 2.75) is 33.1 Å². The smallest absolute Gasteiger partial charge is 0.259 e. The molecule has 26 heavy (non-hydrogen) atoms. The molecule has 0 atom stereocenters. The zero-order valence-electron chi connectivity index (χ0n) is 15.7. The van der Waals surface area contributed by atoms with Crippen LogP contribution in [0.3, 0.4) is 0 Å². The topological polar surface area (TPSA) is 49.6 Å². The first kappa shape index (κ1) is 18.6. The summed E-state index contributed by atoms with van der Waals surface area (Å²) in [6.45, 7) is 9.52. The third kappa shape index (κ3) is 3.96. The molecular formula is C20H26FN3O2. The van der Waals surface area contributed by atoms with Gasteiger partial charge in [0.2, 0.25) is 0 Å². The summed E-state index contributed by atoms with van der Waals surface area (Å²) in [7, 11) is 0. The molecule has 140 valence electrons. The number of halogens is 1. The first-order chi connectivity index (χ1) is 12.5. The normalized spacial score (nSPS) is 15.7. The van der Waals surface area contributed by atoms with Gasteiger partial charge in [-0.2, -0.15) is 0 Å². The van der Waals surface area contributed by atoms with Crippen LogP contribution in [0, 0.1) is 12.7 Å². The maximum atomic E-state index is 13.7. The predicted molar refractivity (Wildman–Crippen MR) is 97.8 cm³/mol. The highest BCUT2D eigenvalue weighted by Gasteiger charge is 2.28. The fraction of sp³-hybridized carbons (Fsp3) is 0.500. The fourth-order valence-electron chi connectivity index (χ4n) is 3.35. The number of nitrogens with zero attached hydrogens (tertiary/aromatic N) is 3. The Morgan fingerprint density at radius 1 is 1.23 bits per heavy atom. The fourth-order valence-corrected chi connectivity index (χ4v) is 3.35. The molecule has 1 fully saturated rings. The Hall–Kier alpha value is -2.21. The van der Waals surface area contributed by atoms with Gasteiger partial charge in [0.25, 0.3) is 5.91 Å². The van der Waals surface area contributed by atoms with E-state index >= 15 is 0 Å². The number of piperazine rings is 1. The van der Waals surface area contributed by atoms with E-state index in [0.717, 1.165) is 25.2 Å². The first-order valence-electron chi connectivity index (χ1n) is 9.18. The van der Waals surface area contributed by atoms with Crippen LogP contribution in [0.4, 0.5) is 4.39 Å². The second-order valence-electron chi connectivity index (χ2n) is 7.14. The molecule has 6 heteroatoms. The lowest BCUT2D eigenvalue weighted by Gasteiger charge is -2.34. The summed E-state index contributed by atoms with van der Waals surface area (Å²) < 4.78 is 19.1. The van der Waals surface area contributed by atoms with Crippen molar-refractivity contribution in [3.63, 3.8) is 0 Å². The molecular weight excluding hydrogens is 333 g/mol. The van der Waals surface area contributed by atoms with Gasteiger partial charge in [-0.3, -0.25) is 9.69 Å². The van der Waals surface area contributed by atoms with E-state index in [4.69, 9.17) is 4.52 Å². The molecule has 0 N–H and O–H groups in total. The minimum atomic E-state index is -0.148. The van der Waals surface area contributed by atoms with Crippen LogP contribution in [-0.4, -0.2) is 53.6 Å². The molecule has 0 bridgehead atoms. The van der Waals surface area contributed by atoms with Crippen LogP contribution >= 0.6 is 0 Å². The van der Waals surface area contributed by atoms with Gasteiger partial charge in [0.1, 0.15) is 11.4 Å². The summed E-state index contributed by atoms with van der Waals surface area (Å²) in [5, 5.41) is 3.97. The van der Waals surface area contributed by atoms with Gasteiger partial charge >= 0.3 is 0 Å². The van der Waals surface area contributed by atoms with Crippen molar-refractivity contribution in [3.05, 3.63) is 52.7 Å². The first-order valence-corrected chi connectivity index (χ1v) is 9.18. The summed E-state index contributed by atoms with van der Waals surface area (Å²) in [5.74, 6) is 0.637. The van der Waals surface area contributed by atoms with Crippen LogP contribution in [0.5, 0.6) is 0 Å². The minimum Gasteiger partial charge on any atom is -0.360 e. The van der Waals surface area contributed by atoms with E-state index < -0.39 is 0 Å². The maximum absolute atomic E-state index is 13.7. The Kier molecular flexibility index (Phi) is 5.71. The quantitative estimate of drug-likeness (QED) is 0.822. The SMILES string of the molecule is Cc1noc(C(C)C)c1C(=O)N1CCN(CCc2ccccc2F)CC1. The highest BCUT2D eigenvalue weighted by Crippen LogP contribution is 2.24. The summed E-state index contributed by atoms with van der Waals surface area (Å²) in [4.78, 5) is 17.0. The van der Waals surface area contributed by atoms with Crippen LogP contribution in [0.2, 0.25) is 0 Å². The van der Waals surface area contributed by atoms with Crippen LogP contribution in [0.15, 0.2) is 28.8 Å². The average Bonchev–Trinajstić information content (AvgIpc) is 3.03. The van der Waals surface area contributed by atoms with Gasteiger partial charge in [0.15, 0.2) is 5.76 Å². The van der Waals surface area contributed by atoms with Crippen molar-refractivity contribution >= 4 is 5.91 Å². The third-order valence-electron chi connectivity index (χ3n) is 4.94. The average molecular weight is 359 g/mol. The molecule has 2 heterocycles. The number of rotatable bonds is 5. The Morgan fingerprint density at radius 3 is 2.58 bits per heavy atom. The zero-order valence-corrected chi connectivity index (χ0v) is 15.7. The van der Waals surface area contributed by atoms with Gasteiger partial charge in [-0.25, -0.2) is 4.39 Å². The van der Waals surface area contributed by atoms with E-state index in [9.17, 15) is 9.18 Å². The highest BCUT2D eigenvalue weighted by atomic mass is 19.1. The molecule has 0 saturated carbocycles. The van der Waals surface area contributed by atoms with E-state index in [-0.39, 0.29) is 17.6 Å². The highest BCUT2D eigenvalue weighted by molar-refractivity contribution is 5.96. The second kappa shape index (κ2) is 7.99. The van der Waals surface area contributed by atoms with Crippen molar-refractivity contribution in [1.82, 2.24) is 15.0 Å². The van der Waals surface area contributed by atoms with Gasteiger partial charge < -0.3 is 9.42 Å². The lowest BCUT2D eigenvalue weighted by Crippen LogP contribution is -2.49. The minimum absolute atomic E-state index is 0.00111. The van der Waals surface area contributed by atoms with Gasteiger partial charge in [0, 0.05) is 38.6 Å². The zero-order chi connectivity index (χ0) is 18.7. The van der Waals surface area contributed by atoms with Crippen LogP contribution in [-0.2, 0) is 6.42 Å². The molecule has 1 aliphatic rings. The van der Waals surface area contributed by atoms with E-state index in [1.807, 2.05) is 37.8 Å². The van der Waals surface area contributed by atoms with Crippen molar-refractivity contribution in [3.8, 4) is 0 Å². The molecule has 1 aromatic carbocycles. The Labute approximate surface area is 153 Å². The molecule has 1 saturated heterocycles. The van der Waals surface area contributed by atoms with Crippen molar-refractivity contribution in [2.75, 3.05) is 32.7 Å². The maximum Gasteiger partial charge on any atom is 0.259 e. The summed E-state index contributed by atoms with van der Waals surface area (Å²) in [6.07, 6.45) is 0.683. The Morgan fingerprint density at radius 2 is 1.92 bits per heavy atom. The molecule has 0 spiro atoms.